The fraction of sp³-hybridized carbons (Fsp3) is 0.933. The molecule has 8 heteroatoms. The van der Waals surface area contributed by atoms with Crippen molar-refractivity contribution in [2.45, 2.75) is 58.1 Å². The van der Waals surface area contributed by atoms with Gasteiger partial charge in [-0.05, 0) is 26.2 Å². The third kappa shape index (κ3) is 6.04. The molecule has 136 valence electrons. The molecule has 2 fully saturated rings. The van der Waals surface area contributed by atoms with Crippen LogP contribution in [0.2, 0.25) is 0 Å². The molecule has 0 amide bonds. The van der Waals surface area contributed by atoms with E-state index >= 15 is 0 Å². The molecule has 6 nitrogen and oxygen atoms in total. The number of guanidine groups is 1. The minimum Gasteiger partial charge on any atom is -0.392 e. The van der Waals surface area contributed by atoms with Crippen molar-refractivity contribution < 1.29 is 13.5 Å². The van der Waals surface area contributed by atoms with Gasteiger partial charge in [0, 0.05) is 18.0 Å². The highest BCUT2D eigenvalue weighted by Crippen LogP contribution is 2.36. The number of rotatable bonds is 4. The van der Waals surface area contributed by atoms with Crippen LogP contribution in [-0.2, 0) is 9.84 Å². The van der Waals surface area contributed by atoms with E-state index in [1.807, 2.05) is 6.92 Å². The zero-order valence-electron chi connectivity index (χ0n) is 14.0. The lowest BCUT2D eigenvalue weighted by molar-refractivity contribution is 0.00716. The summed E-state index contributed by atoms with van der Waals surface area (Å²) in [7, 11) is -2.90. The van der Waals surface area contributed by atoms with Crippen molar-refractivity contribution >= 4 is 39.8 Å². The summed E-state index contributed by atoms with van der Waals surface area (Å²) in [4.78, 5) is 4.61. The summed E-state index contributed by atoms with van der Waals surface area (Å²) >= 11 is 0. The highest BCUT2D eigenvalue weighted by molar-refractivity contribution is 14.0. The van der Waals surface area contributed by atoms with E-state index in [1.165, 1.54) is 0 Å². The van der Waals surface area contributed by atoms with Crippen LogP contribution in [0, 0.1) is 5.41 Å². The highest BCUT2D eigenvalue weighted by Gasteiger charge is 2.35. The number of sulfone groups is 1. The van der Waals surface area contributed by atoms with Crippen LogP contribution in [0.5, 0.6) is 0 Å². The Hall–Kier alpha value is -0.0900. The Labute approximate surface area is 156 Å². The summed E-state index contributed by atoms with van der Waals surface area (Å²) in [5, 5.41) is 16.6. The maximum Gasteiger partial charge on any atom is 0.191 e. The second-order valence-electron chi connectivity index (χ2n) is 6.86. The molecule has 2 aliphatic rings. The molecule has 3 N–H and O–H groups in total. The van der Waals surface area contributed by atoms with E-state index in [2.05, 4.69) is 22.5 Å². The molecule has 0 aromatic rings. The summed E-state index contributed by atoms with van der Waals surface area (Å²) in [6.07, 6.45) is 4.37. The van der Waals surface area contributed by atoms with Crippen LogP contribution in [0.15, 0.2) is 4.99 Å². The number of hydrogen-bond acceptors (Lipinski definition) is 4. The van der Waals surface area contributed by atoms with Crippen molar-refractivity contribution in [3.8, 4) is 0 Å². The first kappa shape index (κ1) is 21.0. The lowest BCUT2D eigenvalue weighted by Crippen LogP contribution is -2.45. The average molecular weight is 459 g/mol. The first-order valence-electron chi connectivity index (χ1n) is 8.28. The number of aliphatic hydroxyl groups excluding tert-OH is 1. The Bertz CT molecular complexity index is 512. The summed E-state index contributed by atoms with van der Waals surface area (Å²) in [5.41, 5.74) is -0.178. The maximum atomic E-state index is 11.5. The van der Waals surface area contributed by atoms with Crippen LogP contribution in [0.1, 0.15) is 46.0 Å². The zero-order chi connectivity index (χ0) is 16.2. The van der Waals surface area contributed by atoms with Crippen molar-refractivity contribution in [3.63, 3.8) is 0 Å². The molecule has 1 saturated heterocycles. The van der Waals surface area contributed by atoms with E-state index in [-0.39, 0.29) is 53.0 Å². The van der Waals surface area contributed by atoms with E-state index in [0.717, 1.165) is 32.2 Å². The number of hydrogen-bond donors (Lipinski definition) is 3. The normalized spacial score (nSPS) is 33.8. The second-order valence-corrected chi connectivity index (χ2v) is 9.08. The molecule has 1 aliphatic heterocycles. The Balaban J connectivity index is 0.00000264. The molecule has 0 aromatic heterocycles. The number of halogens is 1. The maximum absolute atomic E-state index is 11.5. The molecule has 1 saturated carbocycles. The van der Waals surface area contributed by atoms with Crippen molar-refractivity contribution in [3.05, 3.63) is 0 Å². The topological polar surface area (TPSA) is 90.8 Å². The molecule has 0 spiro atoms. The Morgan fingerprint density at radius 1 is 1.35 bits per heavy atom. The Kier molecular flexibility index (Phi) is 8.06. The largest absolute Gasteiger partial charge is 0.392 e. The van der Waals surface area contributed by atoms with Crippen molar-refractivity contribution in [1.29, 1.82) is 0 Å². The first-order valence-corrected chi connectivity index (χ1v) is 10.1. The van der Waals surface area contributed by atoms with Crippen LogP contribution in [0.3, 0.4) is 0 Å². The quantitative estimate of drug-likeness (QED) is 0.335. The summed E-state index contributed by atoms with van der Waals surface area (Å²) in [6.45, 7) is 5.36. The molecule has 0 bridgehead atoms. The molecule has 3 unspecified atom stereocenters. The van der Waals surface area contributed by atoms with E-state index in [4.69, 9.17) is 0 Å². The van der Waals surface area contributed by atoms with Gasteiger partial charge in [0.15, 0.2) is 15.8 Å². The zero-order valence-corrected chi connectivity index (χ0v) is 17.2. The van der Waals surface area contributed by atoms with Gasteiger partial charge in [-0.2, -0.15) is 0 Å². The summed E-state index contributed by atoms with van der Waals surface area (Å²) in [6, 6.07) is -0.0631. The van der Waals surface area contributed by atoms with Gasteiger partial charge in [0.2, 0.25) is 0 Å². The third-order valence-corrected chi connectivity index (χ3v) is 6.56. The van der Waals surface area contributed by atoms with Gasteiger partial charge in [-0.25, -0.2) is 8.42 Å². The second kappa shape index (κ2) is 8.84. The van der Waals surface area contributed by atoms with Gasteiger partial charge in [-0.15, -0.1) is 24.0 Å². The number of nitrogens with zero attached hydrogens (tertiary/aromatic N) is 1. The Morgan fingerprint density at radius 3 is 2.65 bits per heavy atom. The van der Waals surface area contributed by atoms with Crippen molar-refractivity contribution in [2.75, 3.05) is 24.6 Å². The molecule has 1 heterocycles. The number of nitrogens with one attached hydrogen (secondary N) is 2. The monoisotopic (exact) mass is 459 g/mol. The smallest absolute Gasteiger partial charge is 0.191 e. The van der Waals surface area contributed by atoms with E-state index in [1.54, 1.807) is 0 Å². The average Bonchev–Trinajstić information content (AvgIpc) is 2.79. The molecular weight excluding hydrogens is 429 g/mol. The third-order valence-electron chi connectivity index (χ3n) is 4.80. The molecule has 2 rings (SSSR count). The predicted octanol–water partition coefficient (Wildman–Crippen LogP) is 1.29. The van der Waals surface area contributed by atoms with Crippen LogP contribution in [0.25, 0.3) is 0 Å². The SMILES string of the molecule is CCNC(=NCC1(C)CCCCC1O)NC1CCS(=O)(=O)C1.I. The van der Waals surface area contributed by atoms with Crippen LogP contribution in [-0.4, -0.2) is 56.2 Å². The van der Waals surface area contributed by atoms with Crippen LogP contribution < -0.4 is 10.6 Å². The highest BCUT2D eigenvalue weighted by atomic mass is 127. The van der Waals surface area contributed by atoms with Gasteiger partial charge in [0.05, 0.1) is 24.2 Å². The fourth-order valence-electron chi connectivity index (χ4n) is 3.25. The van der Waals surface area contributed by atoms with Crippen molar-refractivity contribution in [2.24, 2.45) is 10.4 Å². The van der Waals surface area contributed by atoms with Gasteiger partial charge >= 0.3 is 0 Å². The minimum atomic E-state index is -2.90. The van der Waals surface area contributed by atoms with Gasteiger partial charge in [0.25, 0.3) is 0 Å². The van der Waals surface area contributed by atoms with Gasteiger partial charge in [-0.3, -0.25) is 4.99 Å². The van der Waals surface area contributed by atoms with Crippen molar-refractivity contribution in [1.82, 2.24) is 10.6 Å². The number of aliphatic imine (C=N–C) groups is 1. The fourth-order valence-corrected chi connectivity index (χ4v) is 4.92. The molecule has 0 aromatic carbocycles. The summed E-state index contributed by atoms with van der Waals surface area (Å²) < 4.78 is 23.1. The molecule has 0 radical (unpaired) electrons. The van der Waals surface area contributed by atoms with E-state index in [9.17, 15) is 13.5 Å². The standard InChI is InChI=1S/C15H29N3O3S.HI/c1-3-16-14(18-12-7-9-22(20,21)10-12)17-11-15(2)8-5-4-6-13(15)19;/h12-13,19H,3-11H2,1-2H3,(H2,16,17,18);1H. The predicted molar refractivity (Wildman–Crippen MR) is 104 cm³/mol. The van der Waals surface area contributed by atoms with Crippen LogP contribution >= 0.6 is 24.0 Å². The van der Waals surface area contributed by atoms with Crippen LogP contribution in [0.4, 0.5) is 0 Å². The lowest BCUT2D eigenvalue weighted by Gasteiger charge is -2.37. The molecule has 23 heavy (non-hydrogen) atoms. The minimum absolute atomic E-state index is 0. The summed E-state index contributed by atoms with van der Waals surface area (Å²) in [5.74, 6) is 1.08. The number of aliphatic hydroxyl groups is 1. The van der Waals surface area contributed by atoms with E-state index < -0.39 is 9.84 Å². The Morgan fingerprint density at radius 2 is 2.09 bits per heavy atom. The molecule has 1 aliphatic carbocycles. The molecule has 3 atom stereocenters. The van der Waals surface area contributed by atoms with Gasteiger partial charge in [0.1, 0.15) is 0 Å². The van der Waals surface area contributed by atoms with Gasteiger partial charge in [-0.1, -0.05) is 19.8 Å². The van der Waals surface area contributed by atoms with E-state index in [0.29, 0.717) is 18.9 Å². The first-order chi connectivity index (χ1) is 10.3. The van der Waals surface area contributed by atoms with Gasteiger partial charge < -0.3 is 15.7 Å². The lowest BCUT2D eigenvalue weighted by atomic mass is 9.73. The molecular formula is C15H30IN3O3S.